The maximum atomic E-state index is 14.1. The van der Waals surface area contributed by atoms with E-state index in [4.69, 9.17) is 0 Å². The first-order chi connectivity index (χ1) is 15.4. The summed E-state index contributed by atoms with van der Waals surface area (Å²) in [5.41, 5.74) is 2.99. The third-order valence-electron chi connectivity index (χ3n) is 6.38. The molecular formula is C23H27FN4O4S. The van der Waals surface area contributed by atoms with Crippen molar-refractivity contribution < 1.29 is 22.4 Å². The second-order valence-electron chi connectivity index (χ2n) is 9.07. The van der Waals surface area contributed by atoms with Gasteiger partial charge in [0.25, 0.3) is 11.8 Å². The smallest absolute Gasteiger partial charge is 0.274 e. The normalized spacial score (nSPS) is 21.2. The molecule has 1 fully saturated rings. The third kappa shape index (κ3) is 4.57. The van der Waals surface area contributed by atoms with Crippen LogP contribution in [0, 0.1) is 11.7 Å². The average Bonchev–Trinajstić information content (AvgIpc) is 3.16. The first-order valence-electron chi connectivity index (χ1n) is 10.8. The molecule has 1 aromatic heterocycles. The zero-order valence-corrected chi connectivity index (χ0v) is 19.9. The Kier molecular flexibility index (Phi) is 5.90. The van der Waals surface area contributed by atoms with Crippen LogP contribution in [-0.4, -0.2) is 47.7 Å². The highest BCUT2D eigenvalue weighted by molar-refractivity contribution is 7.92. The van der Waals surface area contributed by atoms with Crippen LogP contribution in [0.3, 0.4) is 0 Å². The second-order valence-corrected chi connectivity index (χ2v) is 10.8. The van der Waals surface area contributed by atoms with E-state index in [1.54, 1.807) is 11.8 Å². The number of benzene rings is 1. The van der Waals surface area contributed by atoms with Crippen LogP contribution in [-0.2, 0) is 16.4 Å². The molecule has 2 aliphatic heterocycles. The molecule has 1 saturated heterocycles. The fourth-order valence-electron chi connectivity index (χ4n) is 4.45. The number of allylic oxidation sites excluding steroid dienone is 2. The lowest BCUT2D eigenvalue weighted by molar-refractivity contribution is 0.0552. The molecule has 2 aromatic rings. The molecule has 1 amide bonds. The highest BCUT2D eigenvalue weighted by Gasteiger charge is 2.36. The van der Waals surface area contributed by atoms with Crippen molar-refractivity contribution in [2.45, 2.75) is 46.1 Å². The predicted octanol–water partition coefficient (Wildman–Crippen LogP) is 3.54. The maximum absolute atomic E-state index is 14.1. The lowest BCUT2D eigenvalue weighted by atomic mass is 9.89. The van der Waals surface area contributed by atoms with Crippen LogP contribution in [0.5, 0.6) is 0 Å². The number of hydrogen-bond acceptors (Lipinski definition) is 5. The molecule has 176 valence electrons. The van der Waals surface area contributed by atoms with E-state index in [9.17, 15) is 22.4 Å². The molecule has 2 atom stereocenters. The van der Waals surface area contributed by atoms with Crippen molar-refractivity contribution in [1.82, 2.24) is 14.7 Å². The van der Waals surface area contributed by atoms with Gasteiger partial charge in [-0.2, -0.15) is 5.10 Å². The van der Waals surface area contributed by atoms with Gasteiger partial charge in [0.15, 0.2) is 0 Å². The topological polar surface area (TPSA) is 101 Å². The van der Waals surface area contributed by atoms with Crippen molar-refractivity contribution in [3.05, 3.63) is 58.2 Å². The number of fused-ring (bicyclic) bond motifs is 1. The van der Waals surface area contributed by atoms with E-state index >= 15 is 0 Å². The monoisotopic (exact) mass is 474 g/mol. The zero-order chi connectivity index (χ0) is 24.1. The Balaban J connectivity index is 1.72. The number of halogens is 1. The summed E-state index contributed by atoms with van der Waals surface area (Å²) in [6.45, 7) is 6.19. The van der Waals surface area contributed by atoms with E-state index in [0.717, 1.165) is 36.1 Å². The fraction of sp³-hybridized carbons (Fsp3) is 0.435. The zero-order valence-electron chi connectivity index (χ0n) is 19.1. The second kappa shape index (κ2) is 8.40. The Morgan fingerprint density at radius 1 is 1.24 bits per heavy atom. The van der Waals surface area contributed by atoms with Gasteiger partial charge in [-0.05, 0) is 56.9 Å². The van der Waals surface area contributed by atoms with Crippen molar-refractivity contribution >= 4 is 27.5 Å². The number of nitrogens with one attached hydrogen (secondary N) is 1. The van der Waals surface area contributed by atoms with Crippen LogP contribution in [0.15, 0.2) is 35.4 Å². The number of anilines is 1. The molecule has 33 heavy (non-hydrogen) atoms. The van der Waals surface area contributed by atoms with Crippen LogP contribution >= 0.6 is 0 Å². The summed E-state index contributed by atoms with van der Waals surface area (Å²) in [6, 6.07) is 4.84. The van der Waals surface area contributed by atoms with E-state index in [0.29, 0.717) is 36.6 Å². The van der Waals surface area contributed by atoms with Gasteiger partial charge in [-0.1, -0.05) is 12.5 Å². The highest BCUT2D eigenvalue weighted by Crippen LogP contribution is 2.37. The molecule has 4 rings (SSSR count). The van der Waals surface area contributed by atoms with Gasteiger partial charge in [-0.3, -0.25) is 14.3 Å². The SMILES string of the molecule is CC1=C(C)C(=O)n2nc([C@@H]3C[C@H](C)CCN3C(=O)c3cc(F)ccc3NS(C)(=O)=O)cc2C1. The van der Waals surface area contributed by atoms with Crippen molar-refractivity contribution in [3.63, 3.8) is 0 Å². The Morgan fingerprint density at radius 2 is 1.97 bits per heavy atom. The molecule has 0 bridgehead atoms. The first-order valence-corrected chi connectivity index (χ1v) is 12.7. The summed E-state index contributed by atoms with van der Waals surface area (Å²) in [5, 5.41) is 4.55. The molecule has 2 aliphatic rings. The summed E-state index contributed by atoms with van der Waals surface area (Å²) in [4.78, 5) is 27.9. The van der Waals surface area contributed by atoms with Gasteiger partial charge in [0.2, 0.25) is 10.0 Å². The van der Waals surface area contributed by atoms with Gasteiger partial charge < -0.3 is 4.90 Å². The van der Waals surface area contributed by atoms with Gasteiger partial charge in [-0.25, -0.2) is 17.5 Å². The van der Waals surface area contributed by atoms with Crippen molar-refractivity contribution in [1.29, 1.82) is 0 Å². The summed E-state index contributed by atoms with van der Waals surface area (Å²) >= 11 is 0. The largest absolute Gasteiger partial charge is 0.330 e. The standard InChI is InChI=1S/C23H27FN4O4S/c1-13-7-8-27(23(30)18-11-16(24)5-6-19(18)26-33(4,31)32)21(9-13)20-12-17-10-14(2)15(3)22(29)28(17)25-20/h5-6,11-13,21,26H,7-10H2,1-4H3/t13-,21+/m1/s1. The molecule has 0 saturated carbocycles. The fourth-order valence-corrected chi connectivity index (χ4v) is 5.03. The number of hydrogen-bond donors (Lipinski definition) is 1. The maximum Gasteiger partial charge on any atom is 0.274 e. The number of piperidine rings is 1. The van der Waals surface area contributed by atoms with E-state index < -0.39 is 27.8 Å². The van der Waals surface area contributed by atoms with Crippen molar-refractivity contribution in [2.75, 3.05) is 17.5 Å². The molecule has 1 N–H and O–H groups in total. The quantitative estimate of drug-likeness (QED) is 0.730. The molecule has 3 heterocycles. The number of sulfonamides is 1. The van der Waals surface area contributed by atoms with E-state index in [-0.39, 0.29) is 17.2 Å². The summed E-state index contributed by atoms with van der Waals surface area (Å²) < 4.78 is 41.3. The number of aromatic nitrogens is 2. The molecule has 0 aliphatic carbocycles. The Hall–Kier alpha value is -3.01. The number of carbonyl (C=O) groups excluding carboxylic acids is 2. The van der Waals surface area contributed by atoms with Crippen LogP contribution in [0.4, 0.5) is 10.1 Å². The average molecular weight is 475 g/mol. The number of nitrogens with zero attached hydrogens (tertiary/aromatic N) is 3. The van der Waals surface area contributed by atoms with Gasteiger partial charge in [0, 0.05) is 18.5 Å². The summed E-state index contributed by atoms with van der Waals surface area (Å²) in [7, 11) is -3.67. The van der Waals surface area contributed by atoms with Gasteiger partial charge >= 0.3 is 0 Å². The molecule has 0 radical (unpaired) electrons. The summed E-state index contributed by atoms with van der Waals surface area (Å²) in [6.07, 6.45) is 2.96. The molecule has 10 heteroatoms. The van der Waals surface area contributed by atoms with Crippen molar-refractivity contribution in [2.24, 2.45) is 5.92 Å². The third-order valence-corrected chi connectivity index (χ3v) is 6.97. The highest BCUT2D eigenvalue weighted by atomic mass is 32.2. The van der Waals surface area contributed by atoms with E-state index in [1.165, 1.54) is 10.7 Å². The number of amides is 1. The van der Waals surface area contributed by atoms with Crippen molar-refractivity contribution in [3.8, 4) is 0 Å². The van der Waals surface area contributed by atoms with Gasteiger partial charge in [0.05, 0.1) is 34.9 Å². The minimum atomic E-state index is -3.67. The molecule has 8 nitrogen and oxygen atoms in total. The molecule has 0 unspecified atom stereocenters. The minimum absolute atomic E-state index is 0.0241. The van der Waals surface area contributed by atoms with Gasteiger partial charge in [0.1, 0.15) is 5.82 Å². The van der Waals surface area contributed by atoms with Crippen LogP contribution in [0.1, 0.15) is 66.2 Å². The number of likely N-dealkylation sites (tertiary alicyclic amines) is 1. The van der Waals surface area contributed by atoms with Crippen LogP contribution < -0.4 is 4.72 Å². The number of carbonyl (C=O) groups is 2. The van der Waals surface area contributed by atoms with Crippen LogP contribution in [0.25, 0.3) is 0 Å². The predicted molar refractivity (Wildman–Crippen MR) is 122 cm³/mol. The minimum Gasteiger partial charge on any atom is -0.330 e. The first kappa shape index (κ1) is 23.2. The molecule has 1 aromatic carbocycles. The lowest BCUT2D eigenvalue weighted by Gasteiger charge is -2.38. The molecular weight excluding hydrogens is 447 g/mol. The summed E-state index contributed by atoms with van der Waals surface area (Å²) in [5.74, 6) is -0.984. The van der Waals surface area contributed by atoms with E-state index in [2.05, 4.69) is 16.7 Å². The molecule has 0 spiro atoms. The van der Waals surface area contributed by atoms with E-state index in [1.807, 2.05) is 13.0 Å². The number of rotatable bonds is 4. The lowest BCUT2D eigenvalue weighted by Crippen LogP contribution is -2.41. The Morgan fingerprint density at radius 3 is 2.67 bits per heavy atom. The Labute approximate surface area is 192 Å². The van der Waals surface area contributed by atoms with Crippen LogP contribution in [0.2, 0.25) is 0 Å². The Bertz CT molecular complexity index is 1280. The van der Waals surface area contributed by atoms with Gasteiger partial charge in [-0.15, -0.1) is 0 Å².